The second kappa shape index (κ2) is 13.5. The van der Waals surface area contributed by atoms with Gasteiger partial charge in [0.05, 0.1) is 33.1 Å². The minimum Gasteiger partial charge on any atom is -0.493 e. The smallest absolute Gasteiger partial charge is 0.250 e. The van der Waals surface area contributed by atoms with Gasteiger partial charge in [0.2, 0.25) is 23.0 Å². The lowest BCUT2D eigenvalue weighted by Gasteiger charge is -2.42. The molecule has 2 aromatic carbocycles. The molecule has 248 valence electrons. The topological polar surface area (TPSA) is 128 Å². The van der Waals surface area contributed by atoms with Crippen molar-refractivity contribution in [1.82, 2.24) is 14.8 Å². The Labute approximate surface area is 273 Å². The van der Waals surface area contributed by atoms with E-state index in [-0.39, 0.29) is 34.6 Å². The molecule has 1 aliphatic carbocycles. The highest BCUT2D eigenvalue weighted by Gasteiger charge is 2.36. The summed E-state index contributed by atoms with van der Waals surface area (Å²) >= 11 is 0. The molecule has 1 saturated heterocycles. The molecule has 2 unspecified atom stereocenters. The number of rotatable bonds is 9. The molecule has 1 fully saturated rings. The van der Waals surface area contributed by atoms with Crippen molar-refractivity contribution in [2.45, 2.75) is 57.5 Å². The number of anilines is 1. The second-order valence-electron chi connectivity index (χ2n) is 12.6. The Morgan fingerprint density at radius 3 is 2.51 bits per heavy atom. The van der Waals surface area contributed by atoms with Gasteiger partial charge in [-0.2, -0.15) is 0 Å². The summed E-state index contributed by atoms with van der Waals surface area (Å²) in [7, 11) is 4.69. The molecule has 11 nitrogen and oxygen atoms in total. The first kappa shape index (κ1) is 32.2. The van der Waals surface area contributed by atoms with Crippen LogP contribution in [-0.4, -0.2) is 62.2 Å². The molecule has 0 saturated carbocycles. The molecule has 0 spiro atoms. The van der Waals surface area contributed by atoms with Crippen LogP contribution in [0.15, 0.2) is 52.1 Å². The Balaban J connectivity index is 1.20. The van der Waals surface area contributed by atoms with Crippen molar-refractivity contribution in [3.63, 3.8) is 0 Å². The SMILES string of the molecule is COc1cc2c(c(OC)c1OC)-c1ccc(NCCCC(=O)N3CC4CC(C3)c3cccc(=O)n3C4)c(=O)cc1[C@@H](NC(C)=O)CC2. The fourth-order valence-corrected chi connectivity index (χ4v) is 7.57. The number of likely N-dealkylation sites (tertiary alicyclic amines) is 1. The standard InChI is InChI=1S/C36H42N4O7/c1-21(41)38-27-12-10-23-16-31(45-2)35(46-3)36(47-4)34(23)25-11-13-28(30(42)17-26(25)27)37-14-6-9-32(43)39-18-22-15-24(20-39)29-7-5-8-33(44)40(29)19-22/h5,7-8,11,13,16-17,22,24,27H,6,9-10,12,14-15,18-20H2,1-4H3,(H,37,42)(H,38,41)/t22?,24?,27-/m0/s1. The third-order valence-corrected chi connectivity index (χ3v) is 9.63. The maximum atomic E-state index is 13.6. The highest BCUT2D eigenvalue weighted by molar-refractivity contribution is 5.84. The van der Waals surface area contributed by atoms with Crippen LogP contribution in [0.3, 0.4) is 0 Å². The number of nitrogens with one attached hydrogen (secondary N) is 2. The molecule has 3 aliphatic rings. The number of hydrogen-bond donors (Lipinski definition) is 2. The van der Waals surface area contributed by atoms with E-state index in [1.54, 1.807) is 45.6 Å². The fourth-order valence-electron chi connectivity index (χ4n) is 7.57. The molecule has 3 aromatic rings. The van der Waals surface area contributed by atoms with Gasteiger partial charge in [0.25, 0.3) is 5.56 Å². The van der Waals surface area contributed by atoms with Crippen molar-refractivity contribution in [3.8, 4) is 28.4 Å². The first-order valence-electron chi connectivity index (χ1n) is 16.2. The van der Waals surface area contributed by atoms with Crippen molar-refractivity contribution < 1.29 is 23.8 Å². The molecule has 2 bridgehead atoms. The van der Waals surface area contributed by atoms with Crippen LogP contribution in [0.4, 0.5) is 5.69 Å². The number of ether oxygens (including phenoxy) is 3. The molecule has 3 heterocycles. The highest BCUT2D eigenvalue weighted by Crippen LogP contribution is 2.50. The van der Waals surface area contributed by atoms with Gasteiger partial charge in [-0.25, -0.2) is 0 Å². The maximum Gasteiger partial charge on any atom is 0.250 e. The van der Waals surface area contributed by atoms with Crippen LogP contribution in [0, 0.1) is 5.92 Å². The summed E-state index contributed by atoms with van der Waals surface area (Å²) in [4.78, 5) is 53.3. The molecular weight excluding hydrogens is 600 g/mol. The lowest BCUT2D eigenvalue weighted by molar-refractivity contribution is -0.134. The predicted molar refractivity (Wildman–Crippen MR) is 179 cm³/mol. The van der Waals surface area contributed by atoms with Gasteiger partial charge in [-0.15, -0.1) is 0 Å². The Kier molecular flexibility index (Phi) is 9.24. The number of methoxy groups -OCH3 is 3. The summed E-state index contributed by atoms with van der Waals surface area (Å²) in [5, 5.41) is 6.28. The number of carbonyl (C=O) groups excluding carboxylic acids is 2. The molecule has 2 aliphatic heterocycles. The highest BCUT2D eigenvalue weighted by atomic mass is 16.5. The molecule has 2 amide bonds. The van der Waals surface area contributed by atoms with E-state index in [1.807, 2.05) is 27.7 Å². The van der Waals surface area contributed by atoms with Gasteiger partial charge in [0, 0.05) is 62.8 Å². The Hall–Kier alpha value is -4.80. The summed E-state index contributed by atoms with van der Waals surface area (Å²) in [5.74, 6) is 1.83. The van der Waals surface area contributed by atoms with Crippen molar-refractivity contribution in [2.24, 2.45) is 5.92 Å². The quantitative estimate of drug-likeness (QED) is 0.337. The minimum absolute atomic E-state index is 0.0282. The number of pyridine rings is 1. The Morgan fingerprint density at radius 2 is 1.77 bits per heavy atom. The van der Waals surface area contributed by atoms with Gasteiger partial charge in [-0.05, 0) is 72.6 Å². The van der Waals surface area contributed by atoms with Crippen molar-refractivity contribution >= 4 is 17.5 Å². The summed E-state index contributed by atoms with van der Waals surface area (Å²) in [6, 6.07) is 12.2. The number of aromatic nitrogens is 1. The van der Waals surface area contributed by atoms with E-state index in [9.17, 15) is 19.2 Å². The maximum absolute atomic E-state index is 13.6. The number of benzene rings is 1. The summed E-state index contributed by atoms with van der Waals surface area (Å²) in [5.41, 5.74) is 4.43. The minimum atomic E-state index is -0.392. The molecular formula is C36H42N4O7. The van der Waals surface area contributed by atoms with Gasteiger partial charge >= 0.3 is 0 Å². The van der Waals surface area contributed by atoms with E-state index in [0.717, 1.165) is 28.8 Å². The summed E-state index contributed by atoms with van der Waals surface area (Å²) in [6.45, 7) is 3.84. The first-order chi connectivity index (χ1) is 22.7. The number of amides is 2. The molecule has 47 heavy (non-hydrogen) atoms. The van der Waals surface area contributed by atoms with E-state index >= 15 is 0 Å². The van der Waals surface area contributed by atoms with Crippen molar-refractivity contribution in [2.75, 3.05) is 46.3 Å². The van der Waals surface area contributed by atoms with E-state index in [1.165, 1.54) is 6.92 Å². The number of carbonyl (C=O) groups is 2. The lowest BCUT2D eigenvalue weighted by Crippen LogP contribution is -2.49. The molecule has 2 N–H and O–H groups in total. The monoisotopic (exact) mass is 642 g/mol. The third kappa shape index (κ3) is 6.31. The molecule has 1 aromatic heterocycles. The molecule has 3 atom stereocenters. The zero-order chi connectivity index (χ0) is 33.2. The Bertz CT molecular complexity index is 1820. The predicted octanol–water partition coefficient (Wildman–Crippen LogP) is 3.86. The zero-order valence-corrected chi connectivity index (χ0v) is 27.4. The van der Waals surface area contributed by atoms with Gasteiger partial charge in [-0.3, -0.25) is 19.2 Å². The molecule has 6 rings (SSSR count). The number of fused-ring (bicyclic) bond motifs is 7. The van der Waals surface area contributed by atoms with Crippen LogP contribution in [0.5, 0.6) is 17.2 Å². The number of aryl methyl sites for hydroxylation is 1. The summed E-state index contributed by atoms with van der Waals surface area (Å²) in [6.07, 6.45) is 3.10. The van der Waals surface area contributed by atoms with Gasteiger partial charge in [0.1, 0.15) is 0 Å². The fraction of sp³-hybridized carbons (Fsp3) is 0.444. The lowest BCUT2D eigenvalue weighted by atomic mass is 9.83. The van der Waals surface area contributed by atoms with Gasteiger partial charge in [0.15, 0.2) is 11.5 Å². The van der Waals surface area contributed by atoms with Crippen LogP contribution < -0.4 is 35.8 Å². The van der Waals surface area contributed by atoms with Crippen molar-refractivity contribution in [1.29, 1.82) is 0 Å². The van der Waals surface area contributed by atoms with E-state index < -0.39 is 6.04 Å². The third-order valence-electron chi connectivity index (χ3n) is 9.63. The van der Waals surface area contributed by atoms with Crippen LogP contribution in [0.1, 0.15) is 61.4 Å². The Morgan fingerprint density at radius 1 is 0.957 bits per heavy atom. The number of piperidine rings is 1. The van der Waals surface area contributed by atoms with Crippen LogP contribution in [0.25, 0.3) is 11.1 Å². The molecule has 0 radical (unpaired) electrons. The van der Waals surface area contributed by atoms with E-state index in [2.05, 4.69) is 10.6 Å². The van der Waals surface area contributed by atoms with Crippen LogP contribution in [-0.2, 0) is 22.6 Å². The normalized spacial score (nSPS) is 19.3. The van der Waals surface area contributed by atoms with E-state index in [4.69, 9.17) is 14.2 Å². The number of hydrogen-bond acceptors (Lipinski definition) is 8. The van der Waals surface area contributed by atoms with Crippen LogP contribution in [0.2, 0.25) is 0 Å². The second-order valence-corrected chi connectivity index (χ2v) is 12.6. The first-order valence-corrected chi connectivity index (χ1v) is 16.2. The number of nitrogens with zero attached hydrogens (tertiary/aromatic N) is 2. The van der Waals surface area contributed by atoms with Gasteiger partial charge < -0.3 is 34.3 Å². The van der Waals surface area contributed by atoms with Crippen LogP contribution >= 0.6 is 0 Å². The van der Waals surface area contributed by atoms with Crippen molar-refractivity contribution in [3.05, 3.63) is 79.9 Å². The van der Waals surface area contributed by atoms with E-state index in [0.29, 0.717) is 80.4 Å². The largest absolute Gasteiger partial charge is 0.493 e. The zero-order valence-electron chi connectivity index (χ0n) is 27.4. The van der Waals surface area contributed by atoms with Gasteiger partial charge in [-0.1, -0.05) is 12.1 Å². The average Bonchev–Trinajstić information content (AvgIpc) is 3.30. The average molecular weight is 643 g/mol. The summed E-state index contributed by atoms with van der Waals surface area (Å²) < 4.78 is 19.0. The molecule has 11 heteroatoms.